The minimum Gasteiger partial charge on any atom is -0.359 e. The molecule has 0 aliphatic carbocycles. The number of anilines is 2. The van der Waals surface area contributed by atoms with Crippen molar-refractivity contribution in [2.75, 3.05) is 42.8 Å². The second kappa shape index (κ2) is 7.16. The van der Waals surface area contributed by atoms with Gasteiger partial charge in [0.05, 0.1) is 44.6 Å². The molecule has 26 heavy (non-hydrogen) atoms. The molecular weight excluding hydrogens is 367 g/mol. The van der Waals surface area contributed by atoms with E-state index in [1.807, 2.05) is 4.90 Å². The van der Waals surface area contributed by atoms with Crippen LogP contribution in [0.5, 0.6) is 0 Å². The third-order valence-electron chi connectivity index (χ3n) is 4.40. The summed E-state index contributed by atoms with van der Waals surface area (Å²) < 4.78 is 67.7. The number of halogens is 3. The van der Waals surface area contributed by atoms with E-state index in [1.165, 1.54) is 4.90 Å². The molecule has 3 rings (SSSR count). The van der Waals surface area contributed by atoms with Crippen molar-refractivity contribution in [1.29, 1.82) is 0 Å². The van der Waals surface area contributed by atoms with Crippen molar-refractivity contribution in [3.05, 3.63) is 53.8 Å². The van der Waals surface area contributed by atoms with E-state index in [-0.39, 0.29) is 5.69 Å². The van der Waals surface area contributed by atoms with Gasteiger partial charge in [-0.2, -0.15) is 0 Å². The molecule has 0 unspecified atom stereocenters. The largest absolute Gasteiger partial charge is 0.359 e. The summed E-state index contributed by atoms with van der Waals surface area (Å²) in [5.41, 5.74) is 0.919. The number of benzene rings is 2. The van der Waals surface area contributed by atoms with E-state index in [1.54, 1.807) is 24.3 Å². The number of nitrogens with zero attached hydrogens (tertiary/aromatic N) is 1. The van der Waals surface area contributed by atoms with Gasteiger partial charge in [0.2, 0.25) is 0 Å². The number of sulfonamides is 1. The quantitative estimate of drug-likeness (QED) is 0.778. The molecule has 9 heteroatoms. The van der Waals surface area contributed by atoms with Crippen LogP contribution in [0.3, 0.4) is 0 Å². The first-order chi connectivity index (χ1) is 12.3. The summed E-state index contributed by atoms with van der Waals surface area (Å²) >= 11 is 0. The van der Waals surface area contributed by atoms with Gasteiger partial charge in [-0.05, 0) is 24.3 Å². The normalized spacial score (nSPS) is 15.9. The Bertz CT molecular complexity index is 913. The van der Waals surface area contributed by atoms with Gasteiger partial charge in [-0.1, -0.05) is 12.1 Å². The minimum atomic E-state index is -4.42. The molecule has 1 fully saturated rings. The van der Waals surface area contributed by atoms with E-state index in [0.29, 0.717) is 17.8 Å². The highest BCUT2D eigenvalue weighted by atomic mass is 32.2. The molecule has 0 aromatic heterocycles. The van der Waals surface area contributed by atoms with Gasteiger partial charge >= 0.3 is 0 Å². The summed E-state index contributed by atoms with van der Waals surface area (Å²) in [4.78, 5) is 2.48. The molecule has 140 valence electrons. The molecule has 0 radical (unpaired) electrons. The Hall–Kier alpha value is -2.26. The lowest BCUT2D eigenvalue weighted by Gasteiger charge is -2.33. The van der Waals surface area contributed by atoms with Gasteiger partial charge in [-0.3, -0.25) is 4.72 Å². The van der Waals surface area contributed by atoms with Crippen LogP contribution in [0.25, 0.3) is 0 Å². The first-order valence-electron chi connectivity index (χ1n) is 8.11. The lowest BCUT2D eigenvalue weighted by molar-refractivity contribution is -0.880. The first-order valence-corrected chi connectivity index (χ1v) is 9.59. The standard InChI is InChI=1S/C17H18F3N3O2S/c1-22-8-10-23(11-9-22)14-5-3-2-4-13(14)21-26(24,25)15-7-6-12(18)16(19)17(15)20/h2-7,21H,8-11H2,1H3/p+1. The van der Waals surface area contributed by atoms with Crippen LogP contribution in [0, 0.1) is 17.5 Å². The Morgan fingerprint density at radius 2 is 1.65 bits per heavy atom. The second-order valence-electron chi connectivity index (χ2n) is 6.24. The van der Waals surface area contributed by atoms with Crippen molar-refractivity contribution in [2.24, 2.45) is 0 Å². The molecule has 0 atom stereocenters. The molecule has 2 aromatic rings. The van der Waals surface area contributed by atoms with Gasteiger partial charge in [0.25, 0.3) is 10.0 Å². The zero-order valence-corrected chi connectivity index (χ0v) is 14.9. The van der Waals surface area contributed by atoms with Gasteiger partial charge in [0.15, 0.2) is 17.5 Å². The van der Waals surface area contributed by atoms with E-state index in [2.05, 4.69) is 11.8 Å². The van der Waals surface area contributed by atoms with Crippen molar-refractivity contribution < 1.29 is 26.5 Å². The molecule has 2 aromatic carbocycles. The smallest absolute Gasteiger partial charge is 0.265 e. The average molecular weight is 386 g/mol. The summed E-state index contributed by atoms with van der Waals surface area (Å²) in [7, 11) is -2.34. The fraction of sp³-hybridized carbons (Fsp3) is 0.294. The summed E-state index contributed by atoms with van der Waals surface area (Å²) in [6, 6.07) is 8.02. The van der Waals surface area contributed by atoms with Crippen LogP contribution in [-0.2, 0) is 10.0 Å². The van der Waals surface area contributed by atoms with E-state index in [9.17, 15) is 21.6 Å². The summed E-state index contributed by atoms with van der Waals surface area (Å²) in [5, 5.41) is 0. The van der Waals surface area contributed by atoms with Crippen LogP contribution in [0.2, 0.25) is 0 Å². The fourth-order valence-electron chi connectivity index (χ4n) is 2.88. The molecule has 1 aliphatic heterocycles. The molecule has 0 spiro atoms. The van der Waals surface area contributed by atoms with Crippen LogP contribution < -0.4 is 14.5 Å². The van der Waals surface area contributed by atoms with Gasteiger partial charge in [0, 0.05) is 0 Å². The van der Waals surface area contributed by atoms with Gasteiger partial charge < -0.3 is 9.80 Å². The van der Waals surface area contributed by atoms with Crippen LogP contribution in [0.1, 0.15) is 0 Å². The number of para-hydroxylation sites is 2. The molecular formula is C17H19F3N3O2S+. The van der Waals surface area contributed by atoms with Gasteiger partial charge in [0.1, 0.15) is 4.90 Å². The van der Waals surface area contributed by atoms with Crippen LogP contribution >= 0.6 is 0 Å². The van der Waals surface area contributed by atoms with Crippen molar-refractivity contribution in [3.63, 3.8) is 0 Å². The predicted molar refractivity (Wildman–Crippen MR) is 92.4 cm³/mol. The molecule has 1 heterocycles. The highest BCUT2D eigenvalue weighted by molar-refractivity contribution is 7.92. The lowest BCUT2D eigenvalue weighted by Crippen LogP contribution is -3.12. The maximum absolute atomic E-state index is 13.9. The van der Waals surface area contributed by atoms with E-state index >= 15 is 0 Å². The molecule has 2 N–H and O–H groups in total. The summed E-state index contributed by atoms with van der Waals surface area (Å²) in [5.74, 6) is -5.00. The maximum atomic E-state index is 13.9. The highest BCUT2D eigenvalue weighted by Crippen LogP contribution is 2.29. The Kier molecular flexibility index (Phi) is 5.10. The maximum Gasteiger partial charge on any atom is 0.265 e. The number of hydrogen-bond acceptors (Lipinski definition) is 3. The van der Waals surface area contributed by atoms with Crippen LogP contribution in [0.4, 0.5) is 24.5 Å². The fourth-order valence-corrected chi connectivity index (χ4v) is 4.03. The average Bonchev–Trinajstić information content (AvgIpc) is 2.60. The number of rotatable bonds is 4. The zero-order valence-electron chi connectivity index (χ0n) is 14.1. The molecule has 0 saturated carbocycles. The number of nitrogens with one attached hydrogen (secondary N) is 2. The van der Waals surface area contributed by atoms with E-state index < -0.39 is 32.4 Å². The summed E-state index contributed by atoms with van der Waals surface area (Å²) in [6.45, 7) is 3.28. The summed E-state index contributed by atoms with van der Waals surface area (Å²) in [6.07, 6.45) is 0. The number of piperazine rings is 1. The Morgan fingerprint density at radius 1 is 1.00 bits per heavy atom. The highest BCUT2D eigenvalue weighted by Gasteiger charge is 2.26. The van der Waals surface area contributed by atoms with Crippen LogP contribution in [0.15, 0.2) is 41.3 Å². The van der Waals surface area contributed by atoms with Crippen LogP contribution in [-0.4, -0.2) is 41.6 Å². The van der Waals surface area contributed by atoms with Gasteiger partial charge in [-0.25, -0.2) is 21.6 Å². The van der Waals surface area contributed by atoms with Crippen molar-refractivity contribution in [3.8, 4) is 0 Å². The van der Waals surface area contributed by atoms with E-state index in [4.69, 9.17) is 0 Å². The number of quaternary nitrogens is 1. The minimum absolute atomic E-state index is 0.260. The van der Waals surface area contributed by atoms with Crippen molar-refractivity contribution >= 4 is 21.4 Å². The second-order valence-corrected chi connectivity index (χ2v) is 7.89. The monoisotopic (exact) mass is 386 g/mol. The van der Waals surface area contributed by atoms with Crippen molar-refractivity contribution in [2.45, 2.75) is 4.90 Å². The molecule has 1 aliphatic rings. The Morgan fingerprint density at radius 3 is 2.35 bits per heavy atom. The molecule has 1 saturated heterocycles. The predicted octanol–water partition coefficient (Wildman–Crippen LogP) is 1.24. The lowest BCUT2D eigenvalue weighted by atomic mass is 10.2. The molecule has 0 amide bonds. The number of hydrogen-bond donors (Lipinski definition) is 2. The third-order valence-corrected chi connectivity index (χ3v) is 5.78. The topological polar surface area (TPSA) is 53.9 Å². The third kappa shape index (κ3) is 3.63. The van der Waals surface area contributed by atoms with Crippen molar-refractivity contribution in [1.82, 2.24) is 0 Å². The van der Waals surface area contributed by atoms with E-state index in [0.717, 1.165) is 26.2 Å². The first kappa shape index (κ1) is 18.5. The Labute approximate surface area is 150 Å². The molecule has 0 bridgehead atoms. The zero-order chi connectivity index (χ0) is 18.9. The SMILES string of the molecule is C[NH+]1CCN(c2ccccc2NS(=O)(=O)c2ccc(F)c(F)c2F)CC1. The number of likely N-dealkylation sites (N-methyl/N-ethyl adjacent to an activating group) is 1. The Balaban J connectivity index is 1.93. The van der Waals surface area contributed by atoms with Gasteiger partial charge in [-0.15, -0.1) is 0 Å². The molecule has 5 nitrogen and oxygen atoms in total.